The topological polar surface area (TPSA) is 82.5 Å². The zero-order valence-corrected chi connectivity index (χ0v) is 9.33. The summed E-state index contributed by atoms with van der Waals surface area (Å²) in [5.74, 6) is 0.439. The Hall–Kier alpha value is -2.21. The zero-order chi connectivity index (χ0) is 11.8. The molecule has 0 aliphatic heterocycles. The van der Waals surface area contributed by atoms with Crippen LogP contribution < -0.4 is 5.73 Å². The van der Waals surface area contributed by atoms with Crippen LogP contribution in [0.3, 0.4) is 0 Å². The van der Waals surface area contributed by atoms with E-state index in [1.54, 1.807) is 10.9 Å². The van der Waals surface area contributed by atoms with E-state index in [2.05, 4.69) is 19.9 Å². The molecular formula is C10H7ClN6. The molecule has 2 heterocycles. The molecule has 1 aromatic carbocycles. The zero-order valence-electron chi connectivity index (χ0n) is 8.58. The van der Waals surface area contributed by atoms with Gasteiger partial charge in [-0.1, -0.05) is 12.1 Å². The summed E-state index contributed by atoms with van der Waals surface area (Å²) >= 11 is 5.74. The fourth-order valence-corrected chi connectivity index (χ4v) is 1.74. The number of aromatic nitrogens is 5. The van der Waals surface area contributed by atoms with Crippen molar-refractivity contribution in [2.75, 3.05) is 5.73 Å². The van der Waals surface area contributed by atoms with Crippen LogP contribution in [-0.2, 0) is 0 Å². The number of para-hydroxylation sites is 2. The van der Waals surface area contributed by atoms with E-state index in [1.165, 1.54) is 0 Å². The molecule has 0 amide bonds. The highest BCUT2D eigenvalue weighted by molar-refractivity contribution is 6.28. The van der Waals surface area contributed by atoms with E-state index in [-0.39, 0.29) is 11.2 Å². The minimum Gasteiger partial charge on any atom is -0.368 e. The number of nitrogens with two attached hydrogens (primary N) is 1. The van der Waals surface area contributed by atoms with Crippen LogP contribution in [0.2, 0.25) is 5.28 Å². The Morgan fingerprint density at radius 1 is 1.12 bits per heavy atom. The first-order valence-electron chi connectivity index (χ1n) is 4.83. The minimum absolute atomic E-state index is 0.0604. The molecule has 0 saturated heterocycles. The highest BCUT2D eigenvalue weighted by atomic mass is 35.5. The van der Waals surface area contributed by atoms with Crippen LogP contribution in [0.5, 0.6) is 0 Å². The normalized spacial score (nSPS) is 10.9. The lowest BCUT2D eigenvalue weighted by Gasteiger charge is -2.02. The van der Waals surface area contributed by atoms with Crippen molar-refractivity contribution >= 4 is 28.6 Å². The van der Waals surface area contributed by atoms with Crippen LogP contribution >= 0.6 is 11.6 Å². The summed E-state index contributed by atoms with van der Waals surface area (Å²) < 4.78 is 1.71. The molecule has 84 valence electrons. The molecule has 3 aromatic rings. The predicted molar refractivity (Wildman–Crippen MR) is 63.9 cm³/mol. The molecule has 0 saturated carbocycles. The van der Waals surface area contributed by atoms with Gasteiger partial charge in [0.15, 0.2) is 0 Å². The molecule has 2 aromatic heterocycles. The van der Waals surface area contributed by atoms with Crippen molar-refractivity contribution in [1.29, 1.82) is 0 Å². The van der Waals surface area contributed by atoms with E-state index in [0.717, 1.165) is 11.0 Å². The van der Waals surface area contributed by atoms with Crippen molar-refractivity contribution in [3.05, 3.63) is 35.9 Å². The van der Waals surface area contributed by atoms with Crippen LogP contribution in [0.15, 0.2) is 30.6 Å². The number of imidazole rings is 1. The molecule has 2 N–H and O–H groups in total. The molecule has 0 atom stereocenters. The van der Waals surface area contributed by atoms with Gasteiger partial charge in [0.2, 0.25) is 17.2 Å². The first-order valence-corrected chi connectivity index (χ1v) is 5.21. The number of hydrogen-bond donors (Lipinski definition) is 1. The van der Waals surface area contributed by atoms with Crippen LogP contribution in [0.25, 0.3) is 17.0 Å². The SMILES string of the molecule is Nc1nc(Cl)nc(-n2cnc3ccccc32)n1. The number of nitrogens with zero attached hydrogens (tertiary/aromatic N) is 5. The molecule has 0 aliphatic carbocycles. The summed E-state index contributed by atoms with van der Waals surface area (Å²) in [6.45, 7) is 0. The fourth-order valence-electron chi connectivity index (χ4n) is 1.58. The van der Waals surface area contributed by atoms with Crippen LogP contribution in [0, 0.1) is 0 Å². The Bertz CT molecular complexity index is 672. The van der Waals surface area contributed by atoms with E-state index in [1.807, 2.05) is 24.3 Å². The molecule has 7 heteroatoms. The average Bonchev–Trinajstić information content (AvgIpc) is 2.71. The molecule has 0 aliphatic rings. The number of nitrogen functional groups attached to an aromatic ring is 1. The Morgan fingerprint density at radius 2 is 1.94 bits per heavy atom. The summed E-state index contributed by atoms with van der Waals surface area (Å²) in [5, 5.41) is 0.0604. The van der Waals surface area contributed by atoms with Crippen LogP contribution in [0.4, 0.5) is 5.95 Å². The second-order valence-electron chi connectivity index (χ2n) is 3.37. The summed E-state index contributed by atoms with van der Waals surface area (Å²) in [5.41, 5.74) is 7.26. The fraction of sp³-hybridized carbons (Fsp3) is 0. The van der Waals surface area contributed by atoms with Gasteiger partial charge in [-0.2, -0.15) is 15.0 Å². The van der Waals surface area contributed by atoms with Crippen molar-refractivity contribution in [3.63, 3.8) is 0 Å². The number of fused-ring (bicyclic) bond motifs is 1. The third-order valence-corrected chi connectivity index (χ3v) is 2.45. The Labute approximate surface area is 101 Å². The molecule has 3 rings (SSSR count). The van der Waals surface area contributed by atoms with E-state index >= 15 is 0 Å². The van der Waals surface area contributed by atoms with Gasteiger partial charge in [-0.3, -0.25) is 4.57 Å². The van der Waals surface area contributed by atoms with Crippen molar-refractivity contribution in [2.24, 2.45) is 0 Å². The maximum atomic E-state index is 5.74. The van der Waals surface area contributed by atoms with Gasteiger partial charge in [-0.05, 0) is 23.7 Å². The summed E-state index contributed by atoms with van der Waals surface area (Å²) in [4.78, 5) is 16.0. The van der Waals surface area contributed by atoms with Gasteiger partial charge in [0.05, 0.1) is 11.0 Å². The second kappa shape index (κ2) is 3.67. The lowest BCUT2D eigenvalue weighted by molar-refractivity contribution is 0.921. The predicted octanol–water partition coefficient (Wildman–Crippen LogP) is 1.45. The minimum atomic E-state index is 0.0604. The number of benzene rings is 1. The van der Waals surface area contributed by atoms with Gasteiger partial charge >= 0.3 is 0 Å². The van der Waals surface area contributed by atoms with Crippen molar-refractivity contribution in [1.82, 2.24) is 24.5 Å². The molecule has 0 bridgehead atoms. The quantitative estimate of drug-likeness (QED) is 0.703. The number of hydrogen-bond acceptors (Lipinski definition) is 5. The summed E-state index contributed by atoms with van der Waals surface area (Å²) in [7, 11) is 0. The smallest absolute Gasteiger partial charge is 0.241 e. The van der Waals surface area contributed by atoms with Gasteiger partial charge < -0.3 is 5.73 Å². The Morgan fingerprint density at radius 3 is 2.76 bits per heavy atom. The number of rotatable bonds is 1. The molecule has 17 heavy (non-hydrogen) atoms. The van der Waals surface area contributed by atoms with Gasteiger partial charge in [0, 0.05) is 0 Å². The molecule has 0 spiro atoms. The first-order chi connectivity index (χ1) is 8.24. The van der Waals surface area contributed by atoms with Crippen LogP contribution in [0.1, 0.15) is 0 Å². The third-order valence-electron chi connectivity index (χ3n) is 2.28. The summed E-state index contributed by atoms with van der Waals surface area (Å²) in [6, 6.07) is 7.63. The molecule has 0 radical (unpaired) electrons. The average molecular weight is 247 g/mol. The third kappa shape index (κ3) is 1.68. The molecule has 0 fully saturated rings. The highest BCUT2D eigenvalue weighted by Gasteiger charge is 2.08. The Balaban J connectivity index is 2.27. The molecule has 6 nitrogen and oxygen atoms in total. The van der Waals surface area contributed by atoms with Crippen molar-refractivity contribution in [3.8, 4) is 5.95 Å². The monoisotopic (exact) mass is 246 g/mol. The lowest BCUT2D eigenvalue weighted by atomic mass is 10.3. The van der Waals surface area contributed by atoms with Gasteiger partial charge in [-0.25, -0.2) is 4.98 Å². The first kappa shape index (κ1) is 9.98. The van der Waals surface area contributed by atoms with E-state index in [4.69, 9.17) is 17.3 Å². The lowest BCUT2D eigenvalue weighted by Crippen LogP contribution is -2.05. The molecular weight excluding hydrogens is 240 g/mol. The van der Waals surface area contributed by atoms with E-state index < -0.39 is 0 Å². The van der Waals surface area contributed by atoms with Crippen molar-refractivity contribution < 1.29 is 0 Å². The van der Waals surface area contributed by atoms with Gasteiger partial charge in [0.1, 0.15) is 6.33 Å². The van der Waals surface area contributed by atoms with Gasteiger partial charge in [-0.15, -0.1) is 0 Å². The van der Waals surface area contributed by atoms with Crippen molar-refractivity contribution in [2.45, 2.75) is 0 Å². The number of halogens is 1. The second-order valence-corrected chi connectivity index (χ2v) is 3.70. The van der Waals surface area contributed by atoms with Gasteiger partial charge in [0.25, 0.3) is 0 Å². The van der Waals surface area contributed by atoms with Crippen LogP contribution in [-0.4, -0.2) is 24.5 Å². The standard InChI is InChI=1S/C10H7ClN6/c11-8-14-9(12)16-10(15-8)17-5-13-6-3-1-2-4-7(6)17/h1-5H,(H2,12,14,15,16). The maximum Gasteiger partial charge on any atom is 0.241 e. The Kier molecular flexibility index (Phi) is 2.15. The number of anilines is 1. The highest BCUT2D eigenvalue weighted by Crippen LogP contribution is 2.16. The largest absolute Gasteiger partial charge is 0.368 e. The van der Waals surface area contributed by atoms with E-state index in [9.17, 15) is 0 Å². The summed E-state index contributed by atoms with van der Waals surface area (Å²) in [6.07, 6.45) is 1.62. The van der Waals surface area contributed by atoms with E-state index in [0.29, 0.717) is 5.95 Å². The maximum absolute atomic E-state index is 5.74. The molecule has 0 unspecified atom stereocenters.